The van der Waals surface area contributed by atoms with E-state index in [4.69, 9.17) is 0 Å². The van der Waals surface area contributed by atoms with Crippen molar-refractivity contribution in [2.45, 2.75) is 31.6 Å². The normalized spacial score (nSPS) is 13.6. The lowest BCUT2D eigenvalue weighted by atomic mass is 9.88. The maximum absolute atomic E-state index is 14.2. The number of benzene rings is 1. The van der Waals surface area contributed by atoms with Crippen molar-refractivity contribution in [3.05, 3.63) is 77.0 Å². The standard InChI is InChI=1S/C24H17F6N5O2/c1-22(2,24(28,29)30)19-10-13(6-8-32-19)34-21(37)16-11-33-35(20(16)23(25,26)27)18-5-3-4-14-15(18)7-9-31-17(14)12-36/h3-11,31H,1-2H3,(H,32,34,37). The monoisotopic (exact) mass is 521 g/mol. The molecule has 13 heteroatoms. The van der Waals surface area contributed by atoms with Crippen LogP contribution >= 0.6 is 0 Å². The molecular weight excluding hydrogens is 504 g/mol. The van der Waals surface area contributed by atoms with Crippen LogP contribution in [0.2, 0.25) is 0 Å². The fraction of sp³-hybridized carbons (Fsp3) is 0.208. The Balaban J connectivity index is 1.76. The molecule has 7 nitrogen and oxygen atoms in total. The Morgan fingerprint density at radius 1 is 1.11 bits per heavy atom. The van der Waals surface area contributed by atoms with E-state index in [1.807, 2.05) is 0 Å². The summed E-state index contributed by atoms with van der Waals surface area (Å²) in [5.41, 5.74) is -4.80. The molecule has 0 saturated heterocycles. The maximum Gasteiger partial charge on any atom is 0.434 e. The number of nitrogens with zero attached hydrogens (tertiary/aromatic N) is 3. The van der Waals surface area contributed by atoms with E-state index >= 15 is 0 Å². The highest BCUT2D eigenvalue weighted by molar-refractivity contribution is 6.05. The van der Waals surface area contributed by atoms with Crippen LogP contribution in [0, 0.1) is 0 Å². The van der Waals surface area contributed by atoms with Crippen molar-refractivity contribution < 1.29 is 35.9 Å². The molecule has 0 bridgehead atoms. The van der Waals surface area contributed by atoms with E-state index < -0.39 is 40.6 Å². The zero-order valence-corrected chi connectivity index (χ0v) is 19.1. The molecule has 0 saturated carbocycles. The van der Waals surface area contributed by atoms with E-state index in [2.05, 4.69) is 20.7 Å². The Bertz CT molecular complexity index is 1460. The summed E-state index contributed by atoms with van der Waals surface area (Å²) < 4.78 is 83.3. The van der Waals surface area contributed by atoms with Gasteiger partial charge in [-0.15, -0.1) is 0 Å². The fourth-order valence-electron chi connectivity index (χ4n) is 3.67. The van der Waals surface area contributed by atoms with Gasteiger partial charge in [-0.1, -0.05) is 12.1 Å². The van der Waals surface area contributed by atoms with E-state index in [0.29, 0.717) is 10.9 Å². The molecule has 0 radical (unpaired) electrons. The van der Waals surface area contributed by atoms with Crippen molar-refractivity contribution in [3.8, 4) is 5.69 Å². The van der Waals surface area contributed by atoms with E-state index in [0.717, 1.165) is 32.2 Å². The van der Waals surface area contributed by atoms with Crippen LogP contribution in [0.4, 0.5) is 32.0 Å². The summed E-state index contributed by atoms with van der Waals surface area (Å²) in [5.74, 6) is 0.432. The van der Waals surface area contributed by atoms with Gasteiger partial charge in [0.25, 0.3) is 5.91 Å². The number of fused-ring (bicyclic) bond motifs is 1. The molecule has 0 unspecified atom stereocenters. The van der Waals surface area contributed by atoms with Crippen LogP contribution in [0.1, 0.15) is 46.7 Å². The number of alkyl halides is 6. The van der Waals surface area contributed by atoms with Gasteiger partial charge in [-0.05, 0) is 38.1 Å². The summed E-state index contributed by atoms with van der Waals surface area (Å²) in [6.07, 6.45) is -5.20. The van der Waals surface area contributed by atoms with Gasteiger partial charge in [-0.3, -0.25) is 9.78 Å². The van der Waals surface area contributed by atoms with E-state index in [1.54, 1.807) is 5.94 Å². The predicted molar refractivity (Wildman–Crippen MR) is 121 cm³/mol. The minimum absolute atomic E-state index is 0.00769. The minimum atomic E-state index is -5.05. The number of aromatic nitrogens is 3. The molecule has 192 valence electrons. The second-order valence-electron chi connectivity index (χ2n) is 8.52. The zero-order valence-electron chi connectivity index (χ0n) is 19.1. The van der Waals surface area contributed by atoms with Gasteiger partial charge in [0.1, 0.15) is 11.1 Å². The van der Waals surface area contributed by atoms with E-state index in [-0.39, 0.29) is 28.2 Å². The van der Waals surface area contributed by atoms with Crippen LogP contribution in [0.15, 0.2) is 48.9 Å². The second-order valence-corrected chi connectivity index (χ2v) is 8.52. The van der Waals surface area contributed by atoms with Gasteiger partial charge in [0.2, 0.25) is 0 Å². The Hall–Kier alpha value is -4.38. The summed E-state index contributed by atoms with van der Waals surface area (Å²) in [4.78, 5) is 27.8. The number of carbonyl (C=O) groups excluding carboxylic acids is 2. The molecule has 2 aromatic heterocycles. The van der Waals surface area contributed by atoms with Gasteiger partial charge in [-0.25, -0.2) is 9.48 Å². The molecular formula is C24H17F6N5O2. The highest BCUT2D eigenvalue weighted by Crippen LogP contribution is 2.40. The van der Waals surface area contributed by atoms with Crippen LogP contribution in [-0.4, -0.2) is 32.8 Å². The molecule has 3 aromatic rings. The molecule has 0 aliphatic carbocycles. The minimum Gasteiger partial charge on any atom is -0.352 e. The number of hydrogen-bond acceptors (Lipinski definition) is 5. The van der Waals surface area contributed by atoms with Crippen molar-refractivity contribution >= 4 is 29.3 Å². The molecule has 2 N–H and O–H groups in total. The summed E-state index contributed by atoms with van der Waals surface area (Å²) >= 11 is 0. The van der Waals surface area contributed by atoms with Crippen molar-refractivity contribution in [1.29, 1.82) is 0 Å². The lowest BCUT2D eigenvalue weighted by molar-refractivity contribution is -0.181. The molecule has 1 aromatic carbocycles. The summed E-state index contributed by atoms with van der Waals surface area (Å²) in [6, 6.07) is 6.35. The molecule has 1 aliphatic heterocycles. The topological polar surface area (TPSA) is 88.9 Å². The first-order chi connectivity index (χ1) is 17.3. The average Bonchev–Trinajstić information content (AvgIpc) is 3.29. The molecule has 37 heavy (non-hydrogen) atoms. The Labute approximate surface area is 205 Å². The van der Waals surface area contributed by atoms with Gasteiger partial charge < -0.3 is 10.6 Å². The summed E-state index contributed by atoms with van der Waals surface area (Å²) in [7, 11) is 0. The highest BCUT2D eigenvalue weighted by Gasteiger charge is 2.49. The molecule has 0 spiro atoms. The molecule has 4 rings (SSSR count). The van der Waals surface area contributed by atoms with Crippen molar-refractivity contribution in [1.82, 2.24) is 20.1 Å². The number of anilines is 1. The molecule has 0 fully saturated rings. The third-order valence-electron chi connectivity index (χ3n) is 5.81. The van der Waals surface area contributed by atoms with Gasteiger partial charge in [-0.2, -0.15) is 31.4 Å². The Morgan fingerprint density at radius 3 is 2.49 bits per heavy atom. The van der Waals surface area contributed by atoms with Crippen LogP contribution in [0.3, 0.4) is 0 Å². The fourth-order valence-corrected chi connectivity index (χ4v) is 3.67. The number of halogens is 6. The number of carbonyl (C=O) groups is 1. The van der Waals surface area contributed by atoms with Crippen LogP contribution in [-0.2, 0) is 16.4 Å². The predicted octanol–water partition coefficient (Wildman–Crippen LogP) is 5.12. The Morgan fingerprint density at radius 2 is 1.84 bits per heavy atom. The first kappa shape index (κ1) is 25.7. The summed E-state index contributed by atoms with van der Waals surface area (Å²) in [5, 5.41) is 8.62. The molecule has 1 amide bonds. The largest absolute Gasteiger partial charge is 0.434 e. The van der Waals surface area contributed by atoms with Crippen molar-refractivity contribution in [2.75, 3.05) is 5.32 Å². The van der Waals surface area contributed by atoms with E-state index in [1.165, 1.54) is 30.5 Å². The molecule has 3 heterocycles. The van der Waals surface area contributed by atoms with E-state index in [9.17, 15) is 35.9 Å². The zero-order chi connectivity index (χ0) is 27.2. The lowest BCUT2D eigenvalue weighted by Gasteiger charge is -2.27. The van der Waals surface area contributed by atoms with Gasteiger partial charge in [0.05, 0.1) is 23.1 Å². The molecule has 0 atom stereocenters. The van der Waals surface area contributed by atoms with Gasteiger partial charge >= 0.3 is 12.4 Å². The number of pyridine rings is 1. The van der Waals surface area contributed by atoms with Crippen LogP contribution in [0.25, 0.3) is 17.5 Å². The number of hydrogen-bond donors (Lipinski definition) is 2. The van der Waals surface area contributed by atoms with Gasteiger partial charge in [0, 0.05) is 29.2 Å². The smallest absolute Gasteiger partial charge is 0.352 e. The summed E-state index contributed by atoms with van der Waals surface area (Å²) in [6.45, 7) is 1.78. The van der Waals surface area contributed by atoms with Crippen molar-refractivity contribution in [2.24, 2.45) is 0 Å². The van der Waals surface area contributed by atoms with Crippen molar-refractivity contribution in [3.63, 3.8) is 0 Å². The first-order valence-electron chi connectivity index (χ1n) is 10.6. The Kier molecular flexibility index (Phi) is 6.20. The maximum atomic E-state index is 14.2. The third-order valence-corrected chi connectivity index (χ3v) is 5.81. The number of nitrogens with one attached hydrogen (secondary N) is 2. The number of rotatable bonds is 4. The third kappa shape index (κ3) is 4.60. The second kappa shape index (κ2) is 8.93. The molecule has 1 aliphatic rings. The van der Waals surface area contributed by atoms with Crippen LogP contribution in [0.5, 0.6) is 0 Å². The first-order valence-corrected chi connectivity index (χ1v) is 10.6. The number of amides is 1. The quantitative estimate of drug-likeness (QED) is 0.368. The van der Waals surface area contributed by atoms with Gasteiger partial charge in [0.15, 0.2) is 11.6 Å². The average molecular weight is 521 g/mol. The lowest BCUT2D eigenvalue weighted by Crippen LogP contribution is -2.37. The SMILES string of the molecule is CC(C)(c1cc(NC(=O)c2cnn(-c3cccc4c3C=CNC4=C=O)c2C(F)(F)F)ccn1)C(F)(F)F. The van der Waals surface area contributed by atoms with Crippen LogP contribution < -0.4 is 10.6 Å². The highest BCUT2D eigenvalue weighted by atomic mass is 19.4.